The van der Waals surface area contributed by atoms with Crippen molar-refractivity contribution in [2.75, 3.05) is 81.6 Å². The molecule has 2 rings (SSSR count). The van der Waals surface area contributed by atoms with Crippen LogP contribution in [0.1, 0.15) is 94.1 Å². The van der Waals surface area contributed by atoms with Gasteiger partial charge in [-0.2, -0.15) is 47.0 Å². The number of ketones is 3. The molecule has 410 valence electrons. The van der Waals surface area contributed by atoms with Gasteiger partial charge in [0.1, 0.15) is 17.9 Å². The molecular weight excluding hydrogens is 1060 g/mol. The van der Waals surface area contributed by atoms with Crippen molar-refractivity contribution in [3.8, 4) is 0 Å². The highest BCUT2D eigenvalue weighted by molar-refractivity contribution is 8.04. The van der Waals surface area contributed by atoms with Gasteiger partial charge in [-0.1, -0.05) is 7.43 Å². The number of carbonyl (C=O) groups is 10. The summed E-state index contributed by atoms with van der Waals surface area (Å²) in [5.74, 6) is -2.09. The van der Waals surface area contributed by atoms with Crippen molar-refractivity contribution in [2.45, 2.75) is 124 Å². The number of hydrogen-bond acceptors (Lipinski definition) is 19. The van der Waals surface area contributed by atoms with Crippen molar-refractivity contribution >= 4 is 137 Å². The molecule has 2 saturated carbocycles. The van der Waals surface area contributed by atoms with Crippen molar-refractivity contribution in [3.63, 3.8) is 0 Å². The molecule has 0 heterocycles. The van der Waals surface area contributed by atoms with Gasteiger partial charge in [0, 0.05) is 136 Å². The summed E-state index contributed by atoms with van der Waals surface area (Å²) in [6.07, 6.45) is 1.94. The highest BCUT2D eigenvalue weighted by atomic mass is 32.2. The fourth-order valence-electron chi connectivity index (χ4n) is 5.69. The van der Waals surface area contributed by atoms with E-state index in [1.54, 1.807) is 0 Å². The molecule has 10 atom stereocenters. The maximum absolute atomic E-state index is 12.6. The monoisotopic (exact) mass is 1140 g/mol. The highest BCUT2D eigenvalue weighted by Gasteiger charge is 2.32. The Morgan fingerprint density at radius 1 is 0.620 bits per heavy atom. The summed E-state index contributed by atoms with van der Waals surface area (Å²) < 4.78 is 19.7. The van der Waals surface area contributed by atoms with Crippen molar-refractivity contribution in [3.05, 3.63) is 0 Å². The smallest absolute Gasteiger partial charge is 0.326 e. The quantitative estimate of drug-likeness (QED) is 0.0309. The molecule has 0 saturated heterocycles. The Balaban J connectivity index is -0.00000110. The summed E-state index contributed by atoms with van der Waals surface area (Å²) in [6, 6.07) is -2.19. The molecule has 2 aliphatic carbocycles. The number of hydrogen-bond donors (Lipinski definition) is 11. The number of nitrogens with one attached hydrogen (secondary N) is 7. The maximum Gasteiger partial charge on any atom is 0.326 e. The third-order valence-electron chi connectivity index (χ3n) is 9.78. The summed E-state index contributed by atoms with van der Waals surface area (Å²) in [4.78, 5) is 115. The van der Waals surface area contributed by atoms with Gasteiger partial charge >= 0.3 is 11.9 Å². The second-order valence-electron chi connectivity index (χ2n) is 15.3. The number of thioether (sulfide) groups is 4. The Morgan fingerprint density at radius 3 is 1.35 bits per heavy atom. The van der Waals surface area contributed by atoms with E-state index in [1.807, 2.05) is 72.6 Å². The van der Waals surface area contributed by atoms with E-state index >= 15 is 0 Å². The lowest BCUT2D eigenvalue weighted by Gasteiger charge is -2.35. The predicted octanol–water partition coefficient (Wildman–Crippen LogP) is 1.11. The molecular formula is C43H81N9O12P2S5. The van der Waals surface area contributed by atoms with E-state index in [0.29, 0.717) is 17.0 Å². The second-order valence-corrected chi connectivity index (χ2v) is 21.4. The van der Waals surface area contributed by atoms with Gasteiger partial charge in [0.2, 0.25) is 29.5 Å². The molecule has 2 aliphatic rings. The Hall–Kier alpha value is -2.54. The number of amides is 5. The van der Waals surface area contributed by atoms with Gasteiger partial charge in [-0.15, -0.1) is 18.5 Å². The lowest BCUT2D eigenvalue weighted by Crippen LogP contribution is -2.47. The summed E-state index contributed by atoms with van der Waals surface area (Å²) in [7, 11) is 5.95. The average molecular weight is 1140 g/mol. The second kappa shape index (κ2) is 47.2. The maximum atomic E-state index is 12.6. The number of carboxylic acid groups (broad SMARTS) is 2. The van der Waals surface area contributed by atoms with Crippen LogP contribution in [0, 0.1) is 4.78 Å². The summed E-state index contributed by atoms with van der Waals surface area (Å²) in [5.41, 5.74) is 10.9. The van der Waals surface area contributed by atoms with E-state index in [-0.39, 0.29) is 77.2 Å². The first kappa shape index (κ1) is 68.5. The summed E-state index contributed by atoms with van der Waals surface area (Å²) in [5, 5.41) is 35.7. The molecule has 8 unspecified atom stereocenters. The van der Waals surface area contributed by atoms with Crippen LogP contribution < -0.4 is 43.4 Å². The molecule has 0 aromatic carbocycles. The first-order valence-corrected chi connectivity index (χ1v) is 28.6. The fraction of sp³-hybridized carbons (Fsp3) is 0.767. The van der Waals surface area contributed by atoms with Crippen molar-refractivity contribution in [1.82, 2.24) is 31.9 Å². The molecule has 2 fully saturated rings. The number of nitrogens with two attached hydrogens (primary N) is 2. The largest absolute Gasteiger partial charge is 0.481 e. The van der Waals surface area contributed by atoms with Crippen LogP contribution in [0.15, 0.2) is 0 Å². The molecule has 0 aliphatic heterocycles. The van der Waals surface area contributed by atoms with Gasteiger partial charge < -0.3 is 58.4 Å². The minimum absolute atomic E-state index is 0. The van der Waals surface area contributed by atoms with Crippen molar-refractivity contribution in [2.24, 2.45) is 11.5 Å². The van der Waals surface area contributed by atoms with Gasteiger partial charge in [-0.05, 0) is 52.5 Å². The summed E-state index contributed by atoms with van der Waals surface area (Å²) >= 11 is 11.2. The first-order valence-electron chi connectivity index (χ1n) is 23.8. The molecule has 0 aromatic rings. The van der Waals surface area contributed by atoms with Crippen LogP contribution in [0.4, 0.5) is 0 Å². The Bertz CT molecular complexity index is 1680. The third kappa shape index (κ3) is 39.6. The van der Waals surface area contributed by atoms with Gasteiger partial charge in [0.15, 0.2) is 11.6 Å². The van der Waals surface area contributed by atoms with E-state index < -0.39 is 77.9 Å². The first-order chi connectivity index (χ1) is 34.1. The van der Waals surface area contributed by atoms with Crippen LogP contribution in [0.5, 0.6) is 0 Å². The third-order valence-corrected chi connectivity index (χ3v) is 16.7. The molecule has 0 radical (unpaired) electrons. The van der Waals surface area contributed by atoms with E-state index in [2.05, 4.69) is 44.3 Å². The number of rotatable bonds is 36. The molecule has 28 heteroatoms. The molecule has 5 amide bonds. The molecule has 0 bridgehead atoms. The normalized spacial score (nSPS) is 18.2. The van der Waals surface area contributed by atoms with Crippen LogP contribution in [0.3, 0.4) is 0 Å². The van der Waals surface area contributed by atoms with E-state index in [1.165, 1.54) is 32.6 Å². The van der Waals surface area contributed by atoms with E-state index in [4.69, 9.17) is 29.2 Å². The minimum atomic E-state index is -1.36. The van der Waals surface area contributed by atoms with Crippen LogP contribution in [-0.4, -0.2) is 184 Å². The number of Topliss-reactive ketones (excluding diaryl/α,β-unsaturated/α-hetero) is 3. The van der Waals surface area contributed by atoms with Gasteiger partial charge in [-0.25, -0.2) is 9.57 Å². The Labute approximate surface area is 449 Å². The predicted molar refractivity (Wildman–Crippen MR) is 297 cm³/mol. The average Bonchev–Trinajstić information content (AvgIpc) is 3.32. The topological polar surface area (TPSA) is 359 Å². The number of carbonyl (C=O) groups excluding carboxylic acids is 8. The van der Waals surface area contributed by atoms with Crippen LogP contribution >= 0.6 is 65.5 Å². The SMILES string of the molecule is C.N=S.NCCSC1CCC1SCCN.[3H]C(P)C(=O)CNC(=O)CCC(=O)N[C@H](CCC(=O)O)C(=O)O.[3H]C(P)C(=O)CNC(=O)CCC(=O)N[C@H](CCC(C)=O)C(=O)NCCSC1CCC1SCCNC. The Morgan fingerprint density at radius 2 is 1.00 bits per heavy atom. The lowest BCUT2D eigenvalue weighted by molar-refractivity contribution is -0.143. The Kier molecular flexibility index (Phi) is 45.5. The molecule has 71 heavy (non-hydrogen) atoms. The van der Waals surface area contributed by atoms with Gasteiger partial charge in [-0.3, -0.25) is 38.4 Å². The van der Waals surface area contributed by atoms with Crippen LogP contribution in [-0.2, 0) is 60.4 Å². The van der Waals surface area contributed by atoms with Crippen LogP contribution in [0.25, 0.3) is 0 Å². The van der Waals surface area contributed by atoms with Gasteiger partial charge in [0.05, 0.1) is 13.1 Å². The number of carboxylic acids is 2. The minimum Gasteiger partial charge on any atom is -0.481 e. The van der Waals surface area contributed by atoms with E-state index in [0.717, 1.165) is 53.1 Å². The lowest BCUT2D eigenvalue weighted by atomic mass is 9.99. The standard InChI is InChI=1S/C22H39N4O5PS2.C12H19N2O7P.C8H18N2S2.CH4.HNS/c1-15(27)3-4-17(26-21(30)8-7-20(29)25-13-16(28)14-32)22(31)24-10-12-34-19-6-5-18(19)33-11-9-23-2;15-7(6-22)5-13-9(16)2-3-10(17)14-8(12(20)21)1-4-11(18)19;9-3-5-11-7-1-2-8(7)12-6-4-10;;1-2/h17-19,23H,3-14,32H2,1-2H3,(H,24,31)(H,25,29)(H,26,30);8H,1-6,22H2,(H,13,16)(H,14,17)(H,18,19)(H,20,21);7-8H,1-6,9-10H2;1H4;1H/t17-,18?,19?;8-;;;/m11.../s1/i14T;6T;;;/t14?,17-,18?,19?;6?,8-;;;. The molecule has 0 aromatic heterocycles. The zero-order valence-corrected chi connectivity index (χ0v) is 46.4. The zero-order chi connectivity index (χ0) is 55.0. The van der Waals surface area contributed by atoms with Crippen molar-refractivity contribution in [1.29, 1.82) is 4.78 Å². The molecule has 13 N–H and O–H groups in total. The van der Waals surface area contributed by atoms with Gasteiger partial charge in [0.25, 0.3) is 0 Å². The highest BCUT2D eigenvalue weighted by Crippen LogP contribution is 2.40. The fourth-order valence-corrected chi connectivity index (χ4v) is 11.5. The van der Waals surface area contributed by atoms with Crippen molar-refractivity contribution < 1.29 is 60.9 Å². The zero-order valence-electron chi connectivity index (χ0n) is 42.0. The molecule has 21 nitrogen and oxygen atoms in total. The number of aliphatic carboxylic acids is 2. The molecule has 0 spiro atoms. The van der Waals surface area contributed by atoms with E-state index in [9.17, 15) is 47.9 Å². The van der Waals surface area contributed by atoms with Crippen LogP contribution in [0.2, 0.25) is 0 Å². The summed E-state index contributed by atoms with van der Waals surface area (Å²) in [6.45, 7) is 3.94.